The summed E-state index contributed by atoms with van der Waals surface area (Å²) in [6.07, 6.45) is 3.72. The molecule has 2 aliphatic rings. The lowest BCUT2D eigenvalue weighted by molar-refractivity contribution is -0.159. The van der Waals surface area contributed by atoms with Gasteiger partial charge in [-0.2, -0.15) is 0 Å². The Hall–Kier alpha value is -0.610. The van der Waals surface area contributed by atoms with Gasteiger partial charge >= 0.3 is 5.97 Å². The van der Waals surface area contributed by atoms with E-state index in [4.69, 9.17) is 9.47 Å². The van der Waals surface area contributed by atoms with E-state index in [0.717, 1.165) is 52.0 Å². The van der Waals surface area contributed by atoms with Crippen LogP contribution < -0.4 is 5.32 Å². The summed E-state index contributed by atoms with van der Waals surface area (Å²) in [6, 6.07) is 0. The number of hydrogen-bond acceptors (Lipinski definition) is 4. The van der Waals surface area contributed by atoms with Crippen LogP contribution in [0.2, 0.25) is 0 Å². The monoisotopic (exact) mass is 241 g/mol. The number of piperidine rings is 1. The Bertz CT molecular complexity index is 255. The highest BCUT2D eigenvalue weighted by Crippen LogP contribution is 2.34. The molecule has 0 bridgehead atoms. The van der Waals surface area contributed by atoms with E-state index in [9.17, 15) is 4.79 Å². The Kier molecular flexibility index (Phi) is 4.40. The van der Waals surface area contributed by atoms with Crippen LogP contribution in [-0.2, 0) is 14.3 Å². The fraction of sp³-hybridized carbons (Fsp3) is 0.923. The van der Waals surface area contributed by atoms with Gasteiger partial charge in [-0.05, 0) is 38.8 Å². The van der Waals surface area contributed by atoms with Crippen LogP contribution in [0.25, 0.3) is 0 Å². The van der Waals surface area contributed by atoms with Gasteiger partial charge in [-0.1, -0.05) is 6.92 Å². The SMILES string of the molecule is CCC1(C(=O)OCC2CCOC2)CCNCC1. The normalized spacial score (nSPS) is 27.9. The van der Waals surface area contributed by atoms with E-state index in [2.05, 4.69) is 12.2 Å². The Morgan fingerprint density at radius 1 is 1.47 bits per heavy atom. The Morgan fingerprint density at radius 3 is 2.82 bits per heavy atom. The largest absolute Gasteiger partial charge is 0.465 e. The summed E-state index contributed by atoms with van der Waals surface area (Å²) in [5.41, 5.74) is -0.231. The Balaban J connectivity index is 1.83. The van der Waals surface area contributed by atoms with Gasteiger partial charge in [0.05, 0.1) is 18.6 Å². The first-order valence-electron chi connectivity index (χ1n) is 6.72. The molecule has 98 valence electrons. The fourth-order valence-corrected chi connectivity index (χ4v) is 2.67. The van der Waals surface area contributed by atoms with Crippen molar-refractivity contribution in [2.45, 2.75) is 32.6 Å². The van der Waals surface area contributed by atoms with Crippen molar-refractivity contribution in [2.75, 3.05) is 32.9 Å². The predicted octanol–water partition coefficient (Wildman–Crippen LogP) is 1.35. The fourth-order valence-electron chi connectivity index (χ4n) is 2.67. The van der Waals surface area contributed by atoms with Crippen molar-refractivity contribution in [3.63, 3.8) is 0 Å². The van der Waals surface area contributed by atoms with E-state index in [1.54, 1.807) is 0 Å². The molecule has 17 heavy (non-hydrogen) atoms. The Labute approximate surface area is 103 Å². The third-order valence-electron chi connectivity index (χ3n) is 4.14. The highest BCUT2D eigenvalue weighted by atomic mass is 16.5. The highest BCUT2D eigenvalue weighted by Gasteiger charge is 2.39. The molecule has 0 saturated carbocycles. The van der Waals surface area contributed by atoms with Gasteiger partial charge in [0, 0.05) is 12.5 Å². The summed E-state index contributed by atoms with van der Waals surface area (Å²) in [7, 11) is 0. The second-order valence-corrected chi connectivity index (χ2v) is 5.21. The molecule has 4 nitrogen and oxygen atoms in total. The first-order valence-corrected chi connectivity index (χ1v) is 6.72. The van der Waals surface area contributed by atoms with Crippen LogP contribution in [0.4, 0.5) is 0 Å². The number of hydrogen-bond donors (Lipinski definition) is 1. The van der Waals surface area contributed by atoms with Crippen LogP contribution in [0.3, 0.4) is 0 Å². The summed E-state index contributed by atoms with van der Waals surface area (Å²) in [5, 5.41) is 3.30. The molecule has 0 radical (unpaired) electrons. The van der Waals surface area contributed by atoms with E-state index in [-0.39, 0.29) is 11.4 Å². The van der Waals surface area contributed by atoms with Crippen molar-refractivity contribution < 1.29 is 14.3 Å². The molecule has 2 saturated heterocycles. The van der Waals surface area contributed by atoms with Gasteiger partial charge in [-0.25, -0.2) is 0 Å². The first kappa shape index (κ1) is 12.8. The summed E-state index contributed by atoms with van der Waals surface area (Å²) < 4.78 is 10.8. The van der Waals surface area contributed by atoms with Gasteiger partial charge in [0.15, 0.2) is 0 Å². The van der Waals surface area contributed by atoms with Gasteiger partial charge in [-0.3, -0.25) is 4.79 Å². The minimum Gasteiger partial charge on any atom is -0.465 e. The molecule has 0 spiro atoms. The van der Waals surface area contributed by atoms with E-state index >= 15 is 0 Å². The lowest BCUT2D eigenvalue weighted by Gasteiger charge is -2.34. The van der Waals surface area contributed by atoms with Crippen LogP contribution in [0.15, 0.2) is 0 Å². The maximum absolute atomic E-state index is 12.2. The number of nitrogens with one attached hydrogen (secondary N) is 1. The molecule has 0 aliphatic carbocycles. The molecule has 2 aliphatic heterocycles. The number of carbonyl (C=O) groups excluding carboxylic acids is 1. The summed E-state index contributed by atoms with van der Waals surface area (Å²) in [4.78, 5) is 12.2. The molecular formula is C13H23NO3. The van der Waals surface area contributed by atoms with Crippen molar-refractivity contribution in [3.8, 4) is 0 Å². The van der Waals surface area contributed by atoms with Gasteiger partial charge in [0.25, 0.3) is 0 Å². The number of ether oxygens (including phenoxy) is 2. The van der Waals surface area contributed by atoms with Crippen molar-refractivity contribution >= 4 is 5.97 Å². The van der Waals surface area contributed by atoms with Crippen molar-refractivity contribution in [1.29, 1.82) is 0 Å². The van der Waals surface area contributed by atoms with E-state index in [0.29, 0.717) is 12.5 Å². The third-order valence-corrected chi connectivity index (χ3v) is 4.14. The molecule has 2 heterocycles. The average Bonchev–Trinajstić information content (AvgIpc) is 2.90. The van der Waals surface area contributed by atoms with Crippen molar-refractivity contribution in [2.24, 2.45) is 11.3 Å². The average molecular weight is 241 g/mol. The lowest BCUT2D eigenvalue weighted by Crippen LogP contribution is -2.43. The van der Waals surface area contributed by atoms with Gasteiger partial charge in [-0.15, -0.1) is 0 Å². The van der Waals surface area contributed by atoms with Gasteiger partial charge in [0.1, 0.15) is 0 Å². The first-order chi connectivity index (χ1) is 8.27. The molecular weight excluding hydrogens is 218 g/mol. The van der Waals surface area contributed by atoms with Gasteiger partial charge in [0.2, 0.25) is 0 Å². The predicted molar refractivity (Wildman–Crippen MR) is 64.7 cm³/mol. The van der Waals surface area contributed by atoms with Crippen LogP contribution in [0.5, 0.6) is 0 Å². The molecule has 1 N–H and O–H groups in total. The van der Waals surface area contributed by atoms with Crippen LogP contribution in [-0.4, -0.2) is 38.9 Å². The molecule has 4 heteroatoms. The van der Waals surface area contributed by atoms with E-state index in [1.807, 2.05) is 0 Å². The van der Waals surface area contributed by atoms with Crippen LogP contribution >= 0.6 is 0 Å². The maximum atomic E-state index is 12.2. The quantitative estimate of drug-likeness (QED) is 0.755. The molecule has 2 fully saturated rings. The molecule has 0 amide bonds. The van der Waals surface area contributed by atoms with Crippen LogP contribution in [0.1, 0.15) is 32.6 Å². The molecule has 1 atom stereocenters. The topological polar surface area (TPSA) is 47.6 Å². The van der Waals surface area contributed by atoms with Crippen LogP contribution in [0, 0.1) is 11.3 Å². The maximum Gasteiger partial charge on any atom is 0.312 e. The van der Waals surface area contributed by atoms with E-state index in [1.165, 1.54) is 0 Å². The summed E-state index contributed by atoms with van der Waals surface area (Å²) >= 11 is 0. The smallest absolute Gasteiger partial charge is 0.312 e. The summed E-state index contributed by atoms with van der Waals surface area (Å²) in [5.74, 6) is 0.419. The molecule has 0 aromatic carbocycles. The van der Waals surface area contributed by atoms with Gasteiger partial charge < -0.3 is 14.8 Å². The van der Waals surface area contributed by atoms with Crippen molar-refractivity contribution in [3.05, 3.63) is 0 Å². The minimum absolute atomic E-state index is 0.00778. The number of carbonyl (C=O) groups is 1. The lowest BCUT2D eigenvalue weighted by atomic mass is 9.77. The highest BCUT2D eigenvalue weighted by molar-refractivity contribution is 5.77. The zero-order chi connectivity index (χ0) is 12.1. The van der Waals surface area contributed by atoms with E-state index < -0.39 is 0 Å². The molecule has 0 aromatic heterocycles. The Morgan fingerprint density at radius 2 is 2.24 bits per heavy atom. The minimum atomic E-state index is -0.231. The summed E-state index contributed by atoms with van der Waals surface area (Å²) in [6.45, 7) is 6.03. The second kappa shape index (κ2) is 5.83. The zero-order valence-electron chi connectivity index (χ0n) is 10.7. The second-order valence-electron chi connectivity index (χ2n) is 5.21. The number of rotatable bonds is 4. The molecule has 0 aromatic rings. The van der Waals surface area contributed by atoms with Crippen molar-refractivity contribution in [1.82, 2.24) is 5.32 Å². The zero-order valence-corrected chi connectivity index (χ0v) is 10.7. The third kappa shape index (κ3) is 2.99. The molecule has 2 rings (SSSR count). The standard InChI is InChI=1S/C13H23NO3/c1-2-13(4-6-14-7-5-13)12(15)17-10-11-3-8-16-9-11/h11,14H,2-10H2,1H3. The number of esters is 1. The molecule has 1 unspecified atom stereocenters.